The van der Waals surface area contributed by atoms with Crippen molar-refractivity contribution < 1.29 is 5.11 Å². The SMILES string of the molecule is Oc1ncnc2ccncc12. The largest absolute Gasteiger partial charge is 0.493 e. The molecular formula is C7H5N3O. The third kappa shape index (κ3) is 0.881. The van der Waals surface area contributed by atoms with Gasteiger partial charge in [-0.15, -0.1) is 0 Å². The van der Waals surface area contributed by atoms with Gasteiger partial charge in [0.25, 0.3) is 0 Å². The van der Waals surface area contributed by atoms with Gasteiger partial charge in [-0.2, -0.15) is 0 Å². The van der Waals surface area contributed by atoms with E-state index >= 15 is 0 Å². The molecule has 0 radical (unpaired) electrons. The highest BCUT2D eigenvalue weighted by Crippen LogP contribution is 2.16. The number of aromatic hydroxyl groups is 1. The van der Waals surface area contributed by atoms with Gasteiger partial charge in [-0.25, -0.2) is 9.97 Å². The van der Waals surface area contributed by atoms with E-state index in [0.29, 0.717) is 10.9 Å². The molecule has 0 aliphatic rings. The maximum Gasteiger partial charge on any atom is 0.223 e. The lowest BCUT2D eigenvalue weighted by molar-refractivity contribution is 0.459. The van der Waals surface area contributed by atoms with Gasteiger partial charge in [-0.1, -0.05) is 0 Å². The van der Waals surface area contributed by atoms with Crippen LogP contribution in [-0.2, 0) is 0 Å². The predicted octanol–water partition coefficient (Wildman–Crippen LogP) is 0.730. The van der Waals surface area contributed by atoms with Crippen LogP contribution in [0, 0.1) is 0 Å². The number of hydrogen-bond acceptors (Lipinski definition) is 4. The Hall–Kier alpha value is -1.71. The molecule has 0 unspecified atom stereocenters. The minimum absolute atomic E-state index is 0.0249. The quantitative estimate of drug-likeness (QED) is 0.596. The van der Waals surface area contributed by atoms with Gasteiger partial charge in [0.05, 0.1) is 10.9 Å². The second-order valence-electron chi connectivity index (χ2n) is 2.09. The summed E-state index contributed by atoms with van der Waals surface area (Å²) in [5.74, 6) is -0.0249. The molecule has 2 heterocycles. The van der Waals surface area contributed by atoms with Crippen molar-refractivity contribution in [3.8, 4) is 5.88 Å². The van der Waals surface area contributed by atoms with Crippen molar-refractivity contribution in [2.45, 2.75) is 0 Å². The summed E-state index contributed by atoms with van der Waals surface area (Å²) in [6.45, 7) is 0. The van der Waals surface area contributed by atoms with Crippen LogP contribution in [0.15, 0.2) is 24.8 Å². The molecule has 0 saturated heterocycles. The molecule has 1 N–H and O–H groups in total. The Balaban J connectivity index is 2.91. The van der Waals surface area contributed by atoms with E-state index in [4.69, 9.17) is 0 Å². The maximum atomic E-state index is 9.18. The summed E-state index contributed by atoms with van der Waals surface area (Å²) in [6, 6.07) is 1.72. The standard InChI is InChI=1S/C7H5N3O/c11-7-5-3-8-2-1-6(5)9-4-10-7/h1-4H,(H,9,10,11). The van der Waals surface area contributed by atoms with Gasteiger partial charge in [-0.3, -0.25) is 4.98 Å². The summed E-state index contributed by atoms with van der Waals surface area (Å²) in [4.78, 5) is 11.4. The van der Waals surface area contributed by atoms with Crippen molar-refractivity contribution in [2.75, 3.05) is 0 Å². The summed E-state index contributed by atoms with van der Waals surface area (Å²) >= 11 is 0. The van der Waals surface area contributed by atoms with Crippen molar-refractivity contribution in [3.05, 3.63) is 24.8 Å². The molecule has 4 nitrogen and oxygen atoms in total. The minimum atomic E-state index is -0.0249. The average Bonchev–Trinajstić information content (AvgIpc) is 2.06. The molecule has 0 amide bonds. The molecule has 2 rings (SSSR count). The van der Waals surface area contributed by atoms with Gasteiger partial charge in [0.1, 0.15) is 6.33 Å². The number of fused-ring (bicyclic) bond motifs is 1. The first-order valence-electron chi connectivity index (χ1n) is 3.11. The monoisotopic (exact) mass is 147 g/mol. The zero-order valence-electron chi connectivity index (χ0n) is 5.60. The fourth-order valence-electron chi connectivity index (χ4n) is 0.887. The summed E-state index contributed by atoms with van der Waals surface area (Å²) in [5.41, 5.74) is 0.701. The van der Waals surface area contributed by atoms with E-state index < -0.39 is 0 Å². The van der Waals surface area contributed by atoms with Crippen molar-refractivity contribution in [1.82, 2.24) is 15.0 Å². The lowest BCUT2D eigenvalue weighted by Crippen LogP contribution is -1.82. The molecule has 0 aliphatic carbocycles. The van der Waals surface area contributed by atoms with E-state index in [0.717, 1.165) is 0 Å². The zero-order valence-corrected chi connectivity index (χ0v) is 5.60. The van der Waals surface area contributed by atoms with Crippen LogP contribution in [0.1, 0.15) is 0 Å². The Bertz CT molecular complexity index is 383. The van der Waals surface area contributed by atoms with E-state index in [1.165, 1.54) is 12.5 Å². The fourth-order valence-corrected chi connectivity index (χ4v) is 0.887. The average molecular weight is 147 g/mol. The molecular weight excluding hydrogens is 142 g/mol. The van der Waals surface area contributed by atoms with Gasteiger partial charge < -0.3 is 5.11 Å². The normalized spacial score (nSPS) is 10.2. The number of pyridine rings is 1. The third-order valence-electron chi connectivity index (χ3n) is 1.42. The molecule has 2 aromatic rings. The lowest BCUT2D eigenvalue weighted by atomic mass is 10.3. The van der Waals surface area contributed by atoms with Gasteiger partial charge in [-0.05, 0) is 6.07 Å². The van der Waals surface area contributed by atoms with Crippen molar-refractivity contribution in [3.63, 3.8) is 0 Å². The Labute approximate surface area is 62.6 Å². The van der Waals surface area contributed by atoms with E-state index in [9.17, 15) is 5.11 Å². The van der Waals surface area contributed by atoms with Crippen LogP contribution in [0.25, 0.3) is 10.9 Å². The first-order valence-corrected chi connectivity index (χ1v) is 3.11. The van der Waals surface area contributed by atoms with E-state index in [1.54, 1.807) is 12.3 Å². The Morgan fingerprint density at radius 3 is 3.00 bits per heavy atom. The predicted molar refractivity (Wildman–Crippen MR) is 39.0 cm³/mol. The van der Waals surface area contributed by atoms with Crippen molar-refractivity contribution >= 4 is 10.9 Å². The first kappa shape index (κ1) is 6.03. The Kier molecular flexibility index (Phi) is 1.18. The van der Waals surface area contributed by atoms with Gasteiger partial charge >= 0.3 is 0 Å². The highest BCUT2D eigenvalue weighted by molar-refractivity contribution is 5.81. The molecule has 0 saturated carbocycles. The number of nitrogens with zero attached hydrogens (tertiary/aromatic N) is 3. The third-order valence-corrected chi connectivity index (χ3v) is 1.42. The first-order chi connectivity index (χ1) is 5.38. The van der Waals surface area contributed by atoms with Crippen molar-refractivity contribution in [2.24, 2.45) is 0 Å². The van der Waals surface area contributed by atoms with Crippen LogP contribution in [0.4, 0.5) is 0 Å². The van der Waals surface area contributed by atoms with E-state index in [2.05, 4.69) is 15.0 Å². The van der Waals surface area contributed by atoms with Gasteiger partial charge in [0, 0.05) is 12.4 Å². The number of rotatable bonds is 0. The summed E-state index contributed by atoms with van der Waals surface area (Å²) < 4.78 is 0. The molecule has 54 valence electrons. The molecule has 0 spiro atoms. The summed E-state index contributed by atoms with van der Waals surface area (Å²) in [7, 11) is 0. The second-order valence-corrected chi connectivity index (χ2v) is 2.09. The van der Waals surface area contributed by atoms with Crippen LogP contribution in [0.5, 0.6) is 5.88 Å². The smallest absolute Gasteiger partial charge is 0.223 e. The molecule has 0 bridgehead atoms. The second kappa shape index (κ2) is 2.16. The number of aromatic nitrogens is 3. The minimum Gasteiger partial charge on any atom is -0.493 e. The van der Waals surface area contributed by atoms with Gasteiger partial charge in [0.15, 0.2) is 0 Å². The van der Waals surface area contributed by atoms with Crippen LogP contribution in [-0.4, -0.2) is 20.1 Å². The highest BCUT2D eigenvalue weighted by Gasteiger charge is 1.98. The Morgan fingerprint density at radius 2 is 2.18 bits per heavy atom. The van der Waals surface area contributed by atoms with Crippen LogP contribution in [0.3, 0.4) is 0 Å². The van der Waals surface area contributed by atoms with E-state index in [-0.39, 0.29) is 5.88 Å². The molecule has 2 aromatic heterocycles. The molecule has 0 aliphatic heterocycles. The highest BCUT2D eigenvalue weighted by atomic mass is 16.3. The summed E-state index contributed by atoms with van der Waals surface area (Å²) in [6.07, 6.45) is 4.47. The van der Waals surface area contributed by atoms with Crippen LogP contribution in [0.2, 0.25) is 0 Å². The molecule has 0 atom stereocenters. The van der Waals surface area contributed by atoms with Crippen LogP contribution >= 0.6 is 0 Å². The summed E-state index contributed by atoms with van der Waals surface area (Å²) in [5, 5.41) is 9.76. The van der Waals surface area contributed by atoms with Gasteiger partial charge in [0.2, 0.25) is 5.88 Å². The van der Waals surface area contributed by atoms with Crippen molar-refractivity contribution in [1.29, 1.82) is 0 Å². The molecule has 4 heteroatoms. The molecule has 11 heavy (non-hydrogen) atoms. The fraction of sp³-hybridized carbons (Fsp3) is 0. The zero-order chi connectivity index (χ0) is 7.68. The molecule has 0 fully saturated rings. The number of hydrogen-bond donors (Lipinski definition) is 1. The van der Waals surface area contributed by atoms with E-state index in [1.807, 2.05) is 0 Å². The maximum absolute atomic E-state index is 9.18. The Morgan fingerprint density at radius 1 is 1.27 bits per heavy atom. The molecule has 0 aromatic carbocycles. The topological polar surface area (TPSA) is 58.9 Å². The van der Waals surface area contributed by atoms with Crippen LogP contribution < -0.4 is 0 Å². The lowest BCUT2D eigenvalue weighted by Gasteiger charge is -1.95.